The van der Waals surface area contributed by atoms with E-state index in [0.29, 0.717) is 5.73 Å². The lowest BCUT2D eigenvalue weighted by molar-refractivity contribution is 0.0631. The number of ether oxygens (including phenoxy) is 1. The van der Waals surface area contributed by atoms with Crippen molar-refractivity contribution in [3.63, 3.8) is 0 Å². The predicted molar refractivity (Wildman–Crippen MR) is 72.5 cm³/mol. The average Bonchev–Trinajstić information content (AvgIpc) is 2.32. The lowest BCUT2D eigenvalue weighted by Crippen LogP contribution is -2.31. The van der Waals surface area contributed by atoms with Gasteiger partial charge >= 0.3 is 0 Å². The molecule has 1 aromatic carbocycles. The van der Waals surface area contributed by atoms with Gasteiger partial charge in [-0.05, 0) is 32.3 Å². The summed E-state index contributed by atoms with van der Waals surface area (Å²) in [6.45, 7) is 7.83. The minimum atomic E-state index is -0.474. The van der Waals surface area contributed by atoms with Crippen LogP contribution in [0.15, 0.2) is 24.3 Å². The van der Waals surface area contributed by atoms with E-state index >= 15 is 0 Å². The molecule has 1 fully saturated rings. The highest BCUT2D eigenvalue weighted by Crippen LogP contribution is 2.14. The Kier molecular flexibility index (Phi) is 6.42. The Morgan fingerprint density at radius 2 is 1.94 bits per heavy atom. The van der Waals surface area contributed by atoms with E-state index in [0.717, 1.165) is 6.61 Å². The van der Waals surface area contributed by atoms with Crippen LogP contribution < -0.4 is 0 Å². The average molecular weight is 235 g/mol. The molecular formula is C14H23OSi. The highest BCUT2D eigenvalue weighted by Gasteiger charge is 2.17. The van der Waals surface area contributed by atoms with Crippen LogP contribution in [0.3, 0.4) is 0 Å². The Morgan fingerprint density at radius 3 is 2.25 bits per heavy atom. The molecule has 0 aliphatic carbocycles. The summed E-state index contributed by atoms with van der Waals surface area (Å²) in [5.41, 5.74) is 1.98. The first-order valence-corrected chi connectivity index (χ1v) is 9.22. The largest absolute Gasteiger partial charge is 0.382 e. The van der Waals surface area contributed by atoms with Crippen LogP contribution in [-0.2, 0) is 4.74 Å². The number of benzene rings is 1. The number of rotatable bonds is 1. The molecular weight excluding hydrogens is 212 g/mol. The molecule has 2 rings (SSSR count). The molecule has 1 aliphatic rings. The zero-order chi connectivity index (χ0) is 11.8. The van der Waals surface area contributed by atoms with Crippen LogP contribution >= 0.6 is 0 Å². The number of aryl methyl sites for hydroxylation is 1. The summed E-state index contributed by atoms with van der Waals surface area (Å²) in [6, 6.07) is 10.8. The van der Waals surface area contributed by atoms with E-state index in [4.69, 9.17) is 4.74 Å². The molecule has 0 bridgehead atoms. The molecule has 1 saturated heterocycles. The van der Waals surface area contributed by atoms with Crippen LogP contribution in [0.4, 0.5) is 0 Å². The lowest BCUT2D eigenvalue weighted by Gasteiger charge is -2.24. The molecule has 16 heavy (non-hydrogen) atoms. The molecule has 1 aromatic rings. The van der Waals surface area contributed by atoms with Crippen molar-refractivity contribution in [3.05, 3.63) is 35.9 Å². The van der Waals surface area contributed by atoms with Crippen molar-refractivity contribution in [3.8, 4) is 0 Å². The van der Waals surface area contributed by atoms with E-state index in [2.05, 4.69) is 26.1 Å². The van der Waals surface area contributed by atoms with Gasteiger partial charge < -0.3 is 4.74 Å². The second-order valence-corrected chi connectivity index (χ2v) is 7.96. The third-order valence-electron chi connectivity index (χ3n) is 2.84. The first-order valence-electron chi connectivity index (χ1n) is 6.24. The standard InChI is InChI=1S/C7H16OSi.C7H7/c1-9(2)7-5-3-4-6-8-7;1-7-5-3-2-4-6-7/h7,9H,3-6H2,1-2H3;3-6H,1H3. The summed E-state index contributed by atoms with van der Waals surface area (Å²) in [6.07, 6.45) is 4.03. The molecule has 0 N–H and O–H groups in total. The molecule has 1 atom stereocenters. The molecule has 1 unspecified atom stereocenters. The van der Waals surface area contributed by atoms with Crippen molar-refractivity contribution >= 4 is 8.80 Å². The van der Waals surface area contributed by atoms with Gasteiger partial charge in [0.2, 0.25) is 0 Å². The quantitative estimate of drug-likeness (QED) is 0.678. The van der Waals surface area contributed by atoms with Crippen LogP contribution in [0, 0.1) is 13.0 Å². The van der Waals surface area contributed by atoms with Crippen LogP contribution in [0.1, 0.15) is 24.8 Å². The summed E-state index contributed by atoms with van der Waals surface area (Å²) in [5.74, 6) is 0. The molecule has 2 heteroatoms. The van der Waals surface area contributed by atoms with E-state index in [9.17, 15) is 0 Å². The molecule has 1 nitrogen and oxygen atoms in total. The summed E-state index contributed by atoms with van der Waals surface area (Å²) in [7, 11) is -0.474. The van der Waals surface area contributed by atoms with Gasteiger partial charge in [0.1, 0.15) is 0 Å². The Labute approximate surface area is 101 Å². The Balaban J connectivity index is 0.000000165. The SMILES string of the molecule is C[SiH](C)C1CCCCO1.Cc1cc[c]cc1. The van der Waals surface area contributed by atoms with Crippen molar-refractivity contribution in [1.29, 1.82) is 0 Å². The second kappa shape index (κ2) is 7.63. The van der Waals surface area contributed by atoms with Gasteiger partial charge in [-0.1, -0.05) is 42.9 Å². The number of hydrogen-bond donors (Lipinski definition) is 0. The van der Waals surface area contributed by atoms with E-state index in [1.54, 1.807) is 0 Å². The molecule has 1 aliphatic heterocycles. The molecule has 0 amide bonds. The third-order valence-corrected chi connectivity index (χ3v) is 4.86. The van der Waals surface area contributed by atoms with Crippen LogP contribution in [-0.4, -0.2) is 21.1 Å². The van der Waals surface area contributed by atoms with Gasteiger partial charge in [-0.2, -0.15) is 0 Å². The topological polar surface area (TPSA) is 9.23 Å². The monoisotopic (exact) mass is 235 g/mol. The molecule has 0 aromatic heterocycles. The summed E-state index contributed by atoms with van der Waals surface area (Å²) in [5, 5.41) is 0. The fourth-order valence-corrected chi connectivity index (χ4v) is 3.18. The van der Waals surface area contributed by atoms with Gasteiger partial charge in [0.15, 0.2) is 0 Å². The fourth-order valence-electron chi connectivity index (χ4n) is 1.76. The van der Waals surface area contributed by atoms with Gasteiger partial charge in [0, 0.05) is 12.3 Å². The van der Waals surface area contributed by atoms with E-state index in [1.165, 1.54) is 24.8 Å². The van der Waals surface area contributed by atoms with Crippen molar-refractivity contribution in [2.24, 2.45) is 0 Å². The minimum Gasteiger partial charge on any atom is -0.382 e. The molecule has 0 saturated carbocycles. The maximum Gasteiger partial charge on any atom is 0.0656 e. The molecule has 0 spiro atoms. The van der Waals surface area contributed by atoms with Crippen molar-refractivity contribution < 1.29 is 4.74 Å². The fraction of sp³-hybridized carbons (Fsp3) is 0.571. The predicted octanol–water partition coefficient (Wildman–Crippen LogP) is 3.38. The molecule has 1 heterocycles. The zero-order valence-corrected chi connectivity index (χ0v) is 11.9. The summed E-state index contributed by atoms with van der Waals surface area (Å²) < 4.78 is 5.60. The molecule has 1 radical (unpaired) electrons. The first kappa shape index (κ1) is 13.5. The van der Waals surface area contributed by atoms with Gasteiger partial charge in [-0.3, -0.25) is 0 Å². The number of hydrogen-bond acceptors (Lipinski definition) is 1. The summed E-state index contributed by atoms with van der Waals surface area (Å²) >= 11 is 0. The Hall–Kier alpha value is -0.603. The summed E-state index contributed by atoms with van der Waals surface area (Å²) in [4.78, 5) is 0. The smallest absolute Gasteiger partial charge is 0.0656 e. The van der Waals surface area contributed by atoms with Crippen LogP contribution in [0.2, 0.25) is 13.1 Å². The van der Waals surface area contributed by atoms with Crippen LogP contribution in [0.5, 0.6) is 0 Å². The van der Waals surface area contributed by atoms with E-state index < -0.39 is 8.80 Å². The molecule has 89 valence electrons. The first-order chi connectivity index (χ1) is 7.70. The van der Waals surface area contributed by atoms with Gasteiger partial charge in [-0.15, -0.1) is 0 Å². The minimum absolute atomic E-state index is 0.474. The Morgan fingerprint density at radius 1 is 1.25 bits per heavy atom. The van der Waals surface area contributed by atoms with Crippen molar-refractivity contribution in [2.75, 3.05) is 6.61 Å². The van der Waals surface area contributed by atoms with Crippen LogP contribution in [0.25, 0.3) is 0 Å². The lowest BCUT2D eigenvalue weighted by atomic mass is 10.2. The van der Waals surface area contributed by atoms with Gasteiger partial charge in [-0.25, -0.2) is 0 Å². The highest BCUT2D eigenvalue weighted by molar-refractivity contribution is 6.57. The van der Waals surface area contributed by atoms with Gasteiger partial charge in [0.25, 0.3) is 0 Å². The second-order valence-electron chi connectivity index (χ2n) is 4.73. The Bertz CT molecular complexity index is 265. The van der Waals surface area contributed by atoms with Crippen molar-refractivity contribution in [1.82, 2.24) is 0 Å². The normalized spacial score (nSPS) is 20.1. The van der Waals surface area contributed by atoms with E-state index in [-0.39, 0.29) is 0 Å². The van der Waals surface area contributed by atoms with Crippen molar-refractivity contribution in [2.45, 2.75) is 45.0 Å². The third kappa shape index (κ3) is 5.47. The highest BCUT2D eigenvalue weighted by atomic mass is 28.3. The zero-order valence-electron chi connectivity index (χ0n) is 10.7. The maximum atomic E-state index is 5.60. The van der Waals surface area contributed by atoms with E-state index in [1.807, 2.05) is 24.3 Å². The van der Waals surface area contributed by atoms with Gasteiger partial charge in [0.05, 0.1) is 8.80 Å². The maximum absolute atomic E-state index is 5.60.